The summed E-state index contributed by atoms with van der Waals surface area (Å²) in [4.78, 5) is 0. The van der Waals surface area contributed by atoms with E-state index in [2.05, 4.69) is 0 Å². The van der Waals surface area contributed by atoms with Gasteiger partial charge in [0.1, 0.15) is 0 Å². The van der Waals surface area contributed by atoms with E-state index in [1.54, 1.807) is 0 Å². The molecule has 4 heteroatoms. The number of halogens is 2. The van der Waals surface area contributed by atoms with E-state index in [4.69, 9.17) is 4.74 Å². The quantitative estimate of drug-likeness (QED) is 0.454. The van der Waals surface area contributed by atoms with Crippen LogP contribution in [0.3, 0.4) is 0 Å². The van der Waals surface area contributed by atoms with E-state index in [-0.39, 0.29) is 17.6 Å². The summed E-state index contributed by atoms with van der Waals surface area (Å²) in [5.74, 6) is -0.293. The molecule has 0 radical (unpaired) electrons. The molecule has 0 amide bonds. The Morgan fingerprint density at radius 2 is 2.36 bits per heavy atom. The van der Waals surface area contributed by atoms with E-state index in [1.165, 1.54) is 7.11 Å². The Kier molecular flexibility index (Phi) is 3.20. The molecule has 1 heterocycles. The van der Waals surface area contributed by atoms with Crippen molar-refractivity contribution in [3.05, 3.63) is 0 Å². The van der Waals surface area contributed by atoms with Gasteiger partial charge in [-0.2, -0.15) is 0 Å². The van der Waals surface area contributed by atoms with Crippen LogP contribution >= 0.6 is 0 Å². The van der Waals surface area contributed by atoms with Gasteiger partial charge in [-0.05, 0) is 12.8 Å². The van der Waals surface area contributed by atoms with Crippen molar-refractivity contribution < 1.29 is 13.6 Å². The van der Waals surface area contributed by atoms with Crippen LogP contribution in [-0.2, 0) is 4.74 Å². The van der Waals surface area contributed by atoms with Gasteiger partial charge in [-0.3, -0.25) is 0 Å². The fraction of sp³-hybridized carbons (Fsp3) is 1.00. The summed E-state index contributed by atoms with van der Waals surface area (Å²) in [7, 11) is 1.50. The smallest absolute Gasteiger partial charge is 0.185 e. The first kappa shape index (κ1) is 8.87. The Hall–Kier alpha value is -0.220. The van der Waals surface area contributed by atoms with E-state index in [0.717, 1.165) is 6.42 Å². The Morgan fingerprint density at radius 3 is 3.00 bits per heavy atom. The van der Waals surface area contributed by atoms with Crippen LogP contribution in [0.2, 0.25) is 0 Å². The molecule has 1 saturated heterocycles. The molecule has 1 aliphatic heterocycles. The van der Waals surface area contributed by atoms with Crippen LogP contribution in [0.25, 0.3) is 0 Å². The number of rotatable bonds is 2. The van der Waals surface area contributed by atoms with Crippen LogP contribution in [-0.4, -0.2) is 31.7 Å². The monoisotopic (exact) mass is 165 g/mol. The maximum absolute atomic E-state index is 12.9. The maximum Gasteiger partial charge on any atom is 0.185 e. The van der Waals surface area contributed by atoms with Crippen LogP contribution in [0.15, 0.2) is 0 Å². The summed E-state index contributed by atoms with van der Waals surface area (Å²) >= 11 is 0. The lowest BCUT2D eigenvalue weighted by Crippen LogP contribution is -2.38. The van der Waals surface area contributed by atoms with Gasteiger partial charge in [-0.15, -0.1) is 9.60 Å². The summed E-state index contributed by atoms with van der Waals surface area (Å²) in [5, 5.41) is 0.257. The molecule has 1 rings (SSSR count). The summed E-state index contributed by atoms with van der Waals surface area (Å²) in [6.45, 7) is 0.517. The molecule has 2 atom stereocenters. The standard InChI is InChI=1S/C7H13F2NO/c1-11-5-6-3-2-4-10(9)7(6)8/h6-7H,2-5H2,1H3. The van der Waals surface area contributed by atoms with Gasteiger partial charge in [-0.1, -0.05) is 0 Å². The number of piperidine rings is 1. The molecule has 0 spiro atoms. The number of ether oxygens (including phenoxy) is 1. The van der Waals surface area contributed by atoms with Crippen molar-refractivity contribution in [3.63, 3.8) is 0 Å². The van der Waals surface area contributed by atoms with E-state index < -0.39 is 6.30 Å². The highest BCUT2D eigenvalue weighted by atomic mass is 19.2. The van der Waals surface area contributed by atoms with Crippen molar-refractivity contribution in [3.8, 4) is 0 Å². The van der Waals surface area contributed by atoms with Gasteiger partial charge in [0.05, 0.1) is 6.61 Å². The molecule has 0 N–H and O–H groups in total. The molecule has 1 aliphatic rings. The first-order valence-electron chi connectivity index (χ1n) is 3.81. The number of hydrogen-bond acceptors (Lipinski definition) is 2. The van der Waals surface area contributed by atoms with Crippen molar-refractivity contribution in [2.75, 3.05) is 20.3 Å². The molecule has 0 aromatic carbocycles. The number of methoxy groups -OCH3 is 1. The lowest BCUT2D eigenvalue weighted by molar-refractivity contribution is -0.138. The normalized spacial score (nSPS) is 34.1. The van der Waals surface area contributed by atoms with Gasteiger partial charge < -0.3 is 4.74 Å². The van der Waals surface area contributed by atoms with E-state index in [1.807, 2.05) is 0 Å². The topological polar surface area (TPSA) is 12.5 Å². The molecule has 0 aromatic heterocycles. The predicted octanol–water partition coefficient (Wildman–Crippen LogP) is 1.52. The van der Waals surface area contributed by atoms with Crippen LogP contribution in [0.5, 0.6) is 0 Å². The molecule has 1 fully saturated rings. The Labute approximate surface area is 65.1 Å². The van der Waals surface area contributed by atoms with Gasteiger partial charge in [0.15, 0.2) is 6.30 Å². The zero-order valence-corrected chi connectivity index (χ0v) is 6.59. The second kappa shape index (κ2) is 3.97. The van der Waals surface area contributed by atoms with E-state index >= 15 is 0 Å². The summed E-state index contributed by atoms with van der Waals surface area (Å²) in [6, 6.07) is 0. The minimum Gasteiger partial charge on any atom is -0.384 e. The summed E-state index contributed by atoms with van der Waals surface area (Å²) in [5.41, 5.74) is 0. The van der Waals surface area contributed by atoms with Gasteiger partial charge in [0.2, 0.25) is 0 Å². The summed E-state index contributed by atoms with van der Waals surface area (Å²) < 4.78 is 30.2. The van der Waals surface area contributed by atoms with Gasteiger partial charge >= 0.3 is 0 Å². The highest BCUT2D eigenvalue weighted by molar-refractivity contribution is 4.72. The fourth-order valence-electron chi connectivity index (χ4n) is 1.37. The third kappa shape index (κ3) is 2.10. The van der Waals surface area contributed by atoms with Crippen LogP contribution in [0, 0.1) is 5.92 Å². The van der Waals surface area contributed by atoms with Crippen LogP contribution < -0.4 is 0 Å². The van der Waals surface area contributed by atoms with Gasteiger partial charge in [0, 0.05) is 19.6 Å². The first-order valence-corrected chi connectivity index (χ1v) is 3.81. The largest absolute Gasteiger partial charge is 0.384 e. The lowest BCUT2D eigenvalue weighted by Gasteiger charge is -2.29. The molecule has 11 heavy (non-hydrogen) atoms. The fourth-order valence-corrected chi connectivity index (χ4v) is 1.37. The Bertz CT molecular complexity index is 121. The van der Waals surface area contributed by atoms with Crippen molar-refractivity contribution in [2.45, 2.75) is 19.1 Å². The second-order valence-corrected chi connectivity index (χ2v) is 2.85. The van der Waals surface area contributed by atoms with E-state index in [9.17, 15) is 8.87 Å². The van der Waals surface area contributed by atoms with Gasteiger partial charge in [0.25, 0.3) is 0 Å². The molecule has 0 aliphatic carbocycles. The zero-order chi connectivity index (χ0) is 8.27. The second-order valence-electron chi connectivity index (χ2n) is 2.85. The molecule has 2 unspecified atom stereocenters. The van der Waals surface area contributed by atoms with Crippen LogP contribution in [0.1, 0.15) is 12.8 Å². The van der Waals surface area contributed by atoms with Crippen LogP contribution in [0.4, 0.5) is 8.87 Å². The van der Waals surface area contributed by atoms with Gasteiger partial charge in [-0.25, -0.2) is 4.39 Å². The Morgan fingerprint density at radius 1 is 1.64 bits per heavy atom. The summed E-state index contributed by atoms with van der Waals surface area (Å²) in [6.07, 6.45) is -0.0379. The minimum atomic E-state index is -1.47. The van der Waals surface area contributed by atoms with Crippen molar-refractivity contribution in [1.82, 2.24) is 5.12 Å². The molecule has 2 nitrogen and oxygen atoms in total. The minimum absolute atomic E-state index is 0.210. The Balaban J connectivity index is 2.38. The molecule has 0 bridgehead atoms. The van der Waals surface area contributed by atoms with Crippen molar-refractivity contribution in [2.24, 2.45) is 5.92 Å². The zero-order valence-electron chi connectivity index (χ0n) is 6.59. The average Bonchev–Trinajstić information content (AvgIpc) is 1.99. The number of alkyl halides is 1. The molecule has 0 saturated carbocycles. The lowest BCUT2D eigenvalue weighted by atomic mass is 9.99. The van der Waals surface area contributed by atoms with Crippen molar-refractivity contribution in [1.29, 1.82) is 0 Å². The molecule has 66 valence electrons. The highest BCUT2D eigenvalue weighted by Gasteiger charge is 2.31. The third-order valence-electron chi connectivity index (χ3n) is 1.98. The molecular formula is C7H13F2NO. The SMILES string of the molecule is COCC1CCCN(F)C1F. The predicted molar refractivity (Wildman–Crippen MR) is 37.3 cm³/mol. The average molecular weight is 165 g/mol. The number of nitrogens with zero attached hydrogens (tertiary/aromatic N) is 1. The molecule has 0 aromatic rings. The van der Waals surface area contributed by atoms with E-state index in [0.29, 0.717) is 13.0 Å². The first-order chi connectivity index (χ1) is 5.25. The highest BCUT2D eigenvalue weighted by Crippen LogP contribution is 2.24. The molecular weight excluding hydrogens is 152 g/mol. The van der Waals surface area contributed by atoms with Crippen molar-refractivity contribution >= 4 is 0 Å². The maximum atomic E-state index is 12.9. The number of hydrogen-bond donors (Lipinski definition) is 0. The third-order valence-corrected chi connectivity index (χ3v) is 1.98.